The second-order valence-corrected chi connectivity index (χ2v) is 9.44. The summed E-state index contributed by atoms with van der Waals surface area (Å²) < 4.78 is 27.3. The van der Waals surface area contributed by atoms with Gasteiger partial charge in [0.1, 0.15) is 6.04 Å². The maximum atomic E-state index is 13.0. The Morgan fingerprint density at radius 1 is 1.39 bits per heavy atom. The predicted octanol–water partition coefficient (Wildman–Crippen LogP) is 1.37. The number of amides is 1. The molecule has 9 nitrogen and oxygen atoms in total. The van der Waals surface area contributed by atoms with Crippen molar-refractivity contribution in [2.24, 2.45) is 11.1 Å². The summed E-state index contributed by atoms with van der Waals surface area (Å²) >= 11 is 0. The minimum absolute atomic E-state index is 0. The lowest BCUT2D eigenvalue weighted by Crippen LogP contribution is -2.47. The molecule has 3 rings (SSSR count). The molecule has 2 saturated heterocycles. The number of sulfonamides is 1. The first-order valence-electron chi connectivity index (χ1n) is 8.93. The van der Waals surface area contributed by atoms with Gasteiger partial charge in [-0.15, -0.1) is 12.4 Å². The topological polar surface area (TPSA) is 127 Å². The molecule has 0 bridgehead atoms. The molecule has 0 aromatic heterocycles. The summed E-state index contributed by atoms with van der Waals surface area (Å²) in [5, 5.41) is 11.0. The quantitative estimate of drug-likeness (QED) is 0.552. The molecule has 0 aliphatic carbocycles. The number of nitro groups is 1. The van der Waals surface area contributed by atoms with Crippen LogP contribution in [-0.4, -0.2) is 60.7 Å². The Bertz CT molecular complexity index is 865. The Kier molecular flexibility index (Phi) is 6.70. The molecule has 11 heteroatoms. The van der Waals surface area contributed by atoms with Crippen molar-refractivity contribution in [3.63, 3.8) is 0 Å². The van der Waals surface area contributed by atoms with E-state index in [1.165, 1.54) is 22.5 Å². The molecule has 1 amide bonds. The van der Waals surface area contributed by atoms with Crippen LogP contribution in [0.25, 0.3) is 0 Å². The van der Waals surface area contributed by atoms with Crippen molar-refractivity contribution in [3.05, 3.63) is 34.4 Å². The predicted molar refractivity (Wildman–Crippen MR) is 106 cm³/mol. The summed E-state index contributed by atoms with van der Waals surface area (Å²) in [6, 6.07) is 4.17. The second-order valence-electron chi connectivity index (χ2n) is 7.55. The first-order chi connectivity index (χ1) is 12.7. The molecule has 0 saturated carbocycles. The molecule has 2 aliphatic heterocycles. The Balaban J connectivity index is 0.00000280. The first-order valence-corrected chi connectivity index (χ1v) is 10.4. The number of carbonyl (C=O) groups is 1. The van der Waals surface area contributed by atoms with Crippen LogP contribution in [0.1, 0.15) is 26.2 Å². The maximum Gasteiger partial charge on any atom is 0.270 e. The van der Waals surface area contributed by atoms with Crippen molar-refractivity contribution in [1.82, 2.24) is 9.21 Å². The van der Waals surface area contributed by atoms with Gasteiger partial charge in [0.2, 0.25) is 15.9 Å². The fourth-order valence-electron chi connectivity index (χ4n) is 3.76. The number of halogens is 1. The normalized spacial score (nSPS) is 25.5. The number of likely N-dealkylation sites (tertiary alicyclic amines) is 1. The molecule has 28 heavy (non-hydrogen) atoms. The highest BCUT2D eigenvalue weighted by molar-refractivity contribution is 7.89. The Morgan fingerprint density at radius 3 is 2.71 bits per heavy atom. The number of nitro benzene ring substituents is 1. The van der Waals surface area contributed by atoms with E-state index in [9.17, 15) is 23.3 Å². The summed E-state index contributed by atoms with van der Waals surface area (Å²) in [4.78, 5) is 24.8. The third-order valence-corrected chi connectivity index (χ3v) is 7.39. The van der Waals surface area contributed by atoms with Crippen LogP contribution >= 0.6 is 12.4 Å². The fraction of sp³-hybridized carbons (Fsp3) is 0.588. The number of hydrogen-bond acceptors (Lipinski definition) is 6. The zero-order valence-electron chi connectivity index (χ0n) is 15.6. The molecule has 1 aromatic rings. The van der Waals surface area contributed by atoms with E-state index >= 15 is 0 Å². The molecule has 0 radical (unpaired) electrons. The summed E-state index contributed by atoms with van der Waals surface area (Å²) in [5.41, 5.74) is 5.36. The van der Waals surface area contributed by atoms with Gasteiger partial charge in [-0.05, 0) is 37.3 Å². The van der Waals surface area contributed by atoms with Crippen LogP contribution in [0.15, 0.2) is 29.2 Å². The van der Waals surface area contributed by atoms with E-state index < -0.39 is 21.0 Å². The number of nitrogens with zero attached hydrogens (tertiary/aromatic N) is 3. The van der Waals surface area contributed by atoms with E-state index in [4.69, 9.17) is 5.73 Å². The lowest BCUT2D eigenvalue weighted by Gasteiger charge is -2.28. The Labute approximate surface area is 170 Å². The highest BCUT2D eigenvalue weighted by atomic mass is 35.5. The van der Waals surface area contributed by atoms with Gasteiger partial charge in [0.05, 0.1) is 9.82 Å². The van der Waals surface area contributed by atoms with E-state index in [0.29, 0.717) is 32.5 Å². The molecule has 2 unspecified atom stereocenters. The minimum Gasteiger partial charge on any atom is -0.341 e. The monoisotopic (exact) mass is 432 g/mol. The number of non-ortho nitro benzene ring substituents is 1. The van der Waals surface area contributed by atoms with E-state index in [1.807, 2.05) is 6.92 Å². The SMILES string of the molecule is CC1(CN)CCN(C(=O)C2CCCN2S(=O)(=O)c2cccc([N+](=O)[O-])c2)C1.Cl. The minimum atomic E-state index is -4.00. The van der Waals surface area contributed by atoms with Crippen molar-refractivity contribution in [2.45, 2.75) is 37.1 Å². The molecular formula is C17H25ClN4O5S. The number of carbonyl (C=O) groups excluding carboxylic acids is 1. The lowest BCUT2D eigenvalue weighted by atomic mass is 9.90. The van der Waals surface area contributed by atoms with Gasteiger partial charge < -0.3 is 10.6 Å². The zero-order valence-corrected chi connectivity index (χ0v) is 17.2. The highest BCUT2D eigenvalue weighted by Gasteiger charge is 2.44. The summed E-state index contributed by atoms with van der Waals surface area (Å²) in [5.74, 6) is -0.210. The van der Waals surface area contributed by atoms with Gasteiger partial charge in [0, 0.05) is 31.8 Å². The molecule has 2 N–H and O–H groups in total. The number of hydrogen-bond donors (Lipinski definition) is 1. The molecule has 2 fully saturated rings. The standard InChI is InChI=1S/C17H24N4O5S.ClH/c1-17(11-18)7-9-19(12-17)16(22)15-6-3-8-20(15)27(25,26)14-5-2-4-13(10-14)21(23)24;/h2,4-5,10,15H,3,6-9,11-12,18H2,1H3;1H. The van der Waals surface area contributed by atoms with Gasteiger partial charge in [-0.3, -0.25) is 14.9 Å². The van der Waals surface area contributed by atoms with Crippen LogP contribution in [-0.2, 0) is 14.8 Å². The Hall–Kier alpha value is -1.75. The number of nitrogens with two attached hydrogens (primary N) is 1. The van der Waals surface area contributed by atoms with Crippen LogP contribution in [0.2, 0.25) is 0 Å². The van der Waals surface area contributed by atoms with E-state index in [-0.39, 0.29) is 40.9 Å². The fourth-order valence-corrected chi connectivity index (χ4v) is 5.45. The van der Waals surface area contributed by atoms with Crippen molar-refractivity contribution >= 4 is 34.0 Å². The van der Waals surface area contributed by atoms with Gasteiger partial charge in [-0.2, -0.15) is 4.31 Å². The molecule has 2 atom stereocenters. The number of benzene rings is 1. The smallest absolute Gasteiger partial charge is 0.270 e. The van der Waals surface area contributed by atoms with Gasteiger partial charge in [0.25, 0.3) is 5.69 Å². The lowest BCUT2D eigenvalue weighted by molar-refractivity contribution is -0.385. The van der Waals surface area contributed by atoms with Crippen molar-refractivity contribution in [2.75, 3.05) is 26.2 Å². The molecule has 1 aromatic carbocycles. The van der Waals surface area contributed by atoms with Gasteiger partial charge in [-0.25, -0.2) is 8.42 Å². The van der Waals surface area contributed by atoms with Gasteiger partial charge in [-0.1, -0.05) is 13.0 Å². The van der Waals surface area contributed by atoms with Gasteiger partial charge in [0.15, 0.2) is 0 Å². The number of rotatable bonds is 5. The summed E-state index contributed by atoms with van der Waals surface area (Å²) in [6.45, 7) is 3.80. The van der Waals surface area contributed by atoms with Crippen molar-refractivity contribution in [3.8, 4) is 0 Å². The summed E-state index contributed by atoms with van der Waals surface area (Å²) in [6.07, 6.45) is 1.81. The Morgan fingerprint density at radius 2 is 2.11 bits per heavy atom. The van der Waals surface area contributed by atoms with E-state index in [1.54, 1.807) is 4.90 Å². The average molecular weight is 433 g/mol. The van der Waals surface area contributed by atoms with Crippen LogP contribution < -0.4 is 5.73 Å². The van der Waals surface area contributed by atoms with Crippen LogP contribution in [0.3, 0.4) is 0 Å². The van der Waals surface area contributed by atoms with Crippen LogP contribution in [0, 0.1) is 15.5 Å². The largest absolute Gasteiger partial charge is 0.341 e. The summed E-state index contributed by atoms with van der Waals surface area (Å²) in [7, 11) is -4.00. The third-order valence-electron chi connectivity index (χ3n) is 5.49. The molecule has 2 aliphatic rings. The highest BCUT2D eigenvalue weighted by Crippen LogP contribution is 2.33. The van der Waals surface area contributed by atoms with Crippen molar-refractivity contribution in [1.29, 1.82) is 0 Å². The maximum absolute atomic E-state index is 13.0. The average Bonchev–Trinajstić information content (AvgIpc) is 3.29. The second kappa shape index (κ2) is 8.32. The van der Waals surface area contributed by atoms with Crippen LogP contribution in [0.5, 0.6) is 0 Å². The third kappa shape index (κ3) is 4.14. The molecule has 0 spiro atoms. The first kappa shape index (κ1) is 22.5. The van der Waals surface area contributed by atoms with Gasteiger partial charge >= 0.3 is 0 Å². The molecule has 156 valence electrons. The zero-order chi connectivity index (χ0) is 19.8. The van der Waals surface area contributed by atoms with Crippen molar-refractivity contribution < 1.29 is 18.1 Å². The molecular weight excluding hydrogens is 408 g/mol. The van der Waals surface area contributed by atoms with E-state index in [0.717, 1.165) is 12.5 Å². The molecule has 2 heterocycles. The van der Waals surface area contributed by atoms with E-state index in [2.05, 4.69) is 0 Å². The van der Waals surface area contributed by atoms with Crippen LogP contribution in [0.4, 0.5) is 5.69 Å².